The Morgan fingerprint density at radius 3 is 2.21 bits per heavy atom. The number of hydrogen-bond acceptors (Lipinski definition) is 8. The maximum absolute atomic E-state index is 12.6. The maximum Gasteiger partial charge on any atom is 0.365 e. The fraction of sp³-hybridized carbons (Fsp3) is 0.105. The highest BCUT2D eigenvalue weighted by molar-refractivity contribution is 6.54. The van der Waals surface area contributed by atoms with E-state index in [9.17, 15) is 34.7 Å². The van der Waals surface area contributed by atoms with Gasteiger partial charge < -0.3 is 14.9 Å². The molecule has 1 aliphatic heterocycles. The van der Waals surface area contributed by atoms with Gasteiger partial charge in [0.1, 0.15) is 11.3 Å². The van der Waals surface area contributed by atoms with Crippen molar-refractivity contribution in [3.63, 3.8) is 0 Å². The maximum atomic E-state index is 12.6. The molecule has 1 aliphatic rings. The van der Waals surface area contributed by atoms with E-state index < -0.39 is 39.6 Å². The van der Waals surface area contributed by atoms with Crippen LogP contribution in [0, 0.1) is 10.1 Å². The molecular weight excluding hydrogens is 384 g/mol. The highest BCUT2D eigenvalue weighted by Gasteiger charge is 2.62. The second-order valence-electron chi connectivity index (χ2n) is 6.00. The van der Waals surface area contributed by atoms with Crippen LogP contribution < -0.4 is 4.90 Å². The van der Waals surface area contributed by atoms with E-state index in [0.29, 0.717) is 4.90 Å². The van der Waals surface area contributed by atoms with Gasteiger partial charge in [-0.2, -0.15) is 0 Å². The Labute approximate surface area is 163 Å². The Hall–Kier alpha value is -4.05. The van der Waals surface area contributed by atoms with Gasteiger partial charge >= 0.3 is 11.9 Å². The number of rotatable bonds is 4. The van der Waals surface area contributed by atoms with Gasteiger partial charge in [-0.15, -0.1) is 0 Å². The zero-order chi connectivity index (χ0) is 21.3. The number of aliphatic hydroxyl groups is 2. The minimum Gasteiger partial charge on any atom is -0.507 e. The van der Waals surface area contributed by atoms with Crippen LogP contribution in [0.5, 0.6) is 0 Å². The summed E-state index contributed by atoms with van der Waals surface area (Å²) in [7, 11) is 0.942. The number of non-ortho nitro benzene ring substituents is 1. The Kier molecular flexibility index (Phi) is 4.87. The molecule has 10 nitrogen and oxygen atoms in total. The van der Waals surface area contributed by atoms with Crippen molar-refractivity contribution in [1.82, 2.24) is 0 Å². The molecule has 1 saturated heterocycles. The van der Waals surface area contributed by atoms with Crippen molar-refractivity contribution in [2.24, 2.45) is 0 Å². The number of Topliss-reactive ketones (excluding diaryl/α,β-unsaturated/α-hetero) is 1. The van der Waals surface area contributed by atoms with Gasteiger partial charge in [0, 0.05) is 23.4 Å². The number of nitro benzene ring substituents is 1. The number of methoxy groups -OCH3 is 1. The summed E-state index contributed by atoms with van der Waals surface area (Å²) < 4.78 is 4.58. The lowest BCUT2D eigenvalue weighted by Crippen LogP contribution is -2.54. The summed E-state index contributed by atoms with van der Waals surface area (Å²) in [6, 6.07) is 11.7. The molecule has 29 heavy (non-hydrogen) atoms. The summed E-state index contributed by atoms with van der Waals surface area (Å²) in [6.07, 6.45) is 0. The van der Waals surface area contributed by atoms with Gasteiger partial charge in [-0.3, -0.25) is 24.6 Å². The predicted octanol–water partition coefficient (Wildman–Crippen LogP) is 1.34. The summed E-state index contributed by atoms with van der Waals surface area (Å²) >= 11 is 0. The van der Waals surface area contributed by atoms with Crippen molar-refractivity contribution >= 4 is 34.8 Å². The van der Waals surface area contributed by atoms with Crippen LogP contribution >= 0.6 is 0 Å². The molecule has 0 saturated carbocycles. The van der Waals surface area contributed by atoms with E-state index >= 15 is 0 Å². The summed E-state index contributed by atoms with van der Waals surface area (Å²) in [4.78, 5) is 48.3. The fourth-order valence-electron chi connectivity index (χ4n) is 3.00. The Morgan fingerprint density at radius 2 is 1.69 bits per heavy atom. The quantitative estimate of drug-likeness (QED) is 0.196. The van der Waals surface area contributed by atoms with Crippen molar-refractivity contribution < 1.29 is 34.3 Å². The van der Waals surface area contributed by atoms with Gasteiger partial charge in [0.25, 0.3) is 17.2 Å². The topological polar surface area (TPSA) is 147 Å². The number of amides is 1. The van der Waals surface area contributed by atoms with Gasteiger partial charge in [0.05, 0.1) is 12.0 Å². The molecule has 1 amide bonds. The van der Waals surface area contributed by atoms with E-state index in [1.807, 2.05) is 0 Å². The van der Waals surface area contributed by atoms with Crippen LogP contribution in [0.1, 0.15) is 5.56 Å². The van der Waals surface area contributed by atoms with Gasteiger partial charge in [-0.1, -0.05) is 18.2 Å². The number of benzene rings is 2. The first kappa shape index (κ1) is 19.7. The number of carbonyl (C=O) groups excluding carboxylic acids is 3. The molecule has 0 aliphatic carbocycles. The summed E-state index contributed by atoms with van der Waals surface area (Å²) in [5.74, 6) is -4.83. The third-order valence-electron chi connectivity index (χ3n) is 4.37. The van der Waals surface area contributed by atoms with E-state index in [4.69, 9.17) is 0 Å². The molecule has 1 atom stereocenters. The summed E-state index contributed by atoms with van der Waals surface area (Å²) in [5, 5.41) is 32.5. The van der Waals surface area contributed by atoms with E-state index in [0.717, 1.165) is 31.4 Å². The average Bonchev–Trinajstić information content (AvgIpc) is 2.93. The number of carbonyl (C=O) groups is 3. The number of ketones is 1. The number of ether oxygens (including phenoxy) is 1. The molecule has 2 N–H and O–H groups in total. The number of nitrogens with zero attached hydrogens (tertiary/aromatic N) is 2. The van der Waals surface area contributed by atoms with E-state index in [-0.39, 0.29) is 16.9 Å². The van der Waals surface area contributed by atoms with Crippen LogP contribution in [0.4, 0.5) is 11.4 Å². The number of nitro groups is 1. The minimum absolute atomic E-state index is 0.0187. The zero-order valence-corrected chi connectivity index (χ0v) is 14.9. The predicted molar refractivity (Wildman–Crippen MR) is 98.5 cm³/mol. The van der Waals surface area contributed by atoms with E-state index in [1.54, 1.807) is 6.07 Å². The first-order chi connectivity index (χ1) is 13.7. The largest absolute Gasteiger partial charge is 0.507 e. The first-order valence-electron chi connectivity index (χ1n) is 8.16. The lowest BCUT2D eigenvalue weighted by atomic mass is 9.97. The number of anilines is 1. The first-order valence-corrected chi connectivity index (χ1v) is 8.16. The van der Waals surface area contributed by atoms with Crippen molar-refractivity contribution in [1.29, 1.82) is 0 Å². The molecule has 1 fully saturated rings. The Morgan fingerprint density at radius 1 is 1.10 bits per heavy atom. The zero-order valence-electron chi connectivity index (χ0n) is 14.9. The molecule has 2 aromatic carbocycles. The molecule has 0 bridgehead atoms. The minimum atomic E-state index is -2.93. The Balaban J connectivity index is 2.24. The van der Waals surface area contributed by atoms with Gasteiger partial charge in [0.2, 0.25) is 0 Å². The molecule has 1 heterocycles. The highest BCUT2D eigenvalue weighted by Crippen LogP contribution is 2.39. The van der Waals surface area contributed by atoms with Crippen LogP contribution in [0.15, 0.2) is 60.2 Å². The fourth-order valence-corrected chi connectivity index (χ4v) is 3.00. The lowest BCUT2D eigenvalue weighted by Gasteiger charge is -2.30. The van der Waals surface area contributed by atoms with Crippen molar-refractivity contribution in [3.8, 4) is 0 Å². The molecule has 0 unspecified atom stereocenters. The molecule has 0 spiro atoms. The number of hydrogen-bond donors (Lipinski definition) is 2. The molecule has 2 aromatic rings. The highest BCUT2D eigenvalue weighted by atomic mass is 16.6. The summed E-state index contributed by atoms with van der Waals surface area (Å²) in [5.41, 5.74) is -4.23. The third kappa shape index (κ3) is 3.01. The molecule has 148 valence electrons. The normalized spacial score (nSPS) is 20.6. The number of aliphatic hydroxyl groups excluding tert-OH is 1. The average molecular weight is 398 g/mol. The third-order valence-corrected chi connectivity index (χ3v) is 4.37. The van der Waals surface area contributed by atoms with E-state index in [2.05, 4.69) is 4.74 Å². The van der Waals surface area contributed by atoms with Crippen LogP contribution in [0.2, 0.25) is 0 Å². The SMILES string of the molecule is COC(=O)[C@@]1(O)C(=C(O)c2ccc([N+](=O)[O-])cc2)C(=O)C(=O)N1c1ccccc1. The number of esters is 1. The van der Waals surface area contributed by atoms with Crippen molar-refractivity contribution in [3.05, 3.63) is 75.8 Å². The smallest absolute Gasteiger partial charge is 0.365 e. The molecule has 3 rings (SSSR count). The summed E-state index contributed by atoms with van der Waals surface area (Å²) in [6.45, 7) is 0. The number of para-hydroxylation sites is 1. The molecule has 0 radical (unpaired) electrons. The van der Waals surface area contributed by atoms with Crippen LogP contribution in [0.25, 0.3) is 5.76 Å². The monoisotopic (exact) mass is 398 g/mol. The van der Waals surface area contributed by atoms with Crippen LogP contribution in [-0.2, 0) is 19.1 Å². The van der Waals surface area contributed by atoms with Gasteiger partial charge in [-0.25, -0.2) is 4.79 Å². The molecule has 0 aromatic heterocycles. The molecule has 10 heteroatoms. The second kappa shape index (κ2) is 7.17. The van der Waals surface area contributed by atoms with E-state index in [1.165, 1.54) is 24.3 Å². The lowest BCUT2D eigenvalue weighted by molar-refractivity contribution is -0.384. The molecular formula is C19H14N2O8. The second-order valence-corrected chi connectivity index (χ2v) is 6.00. The van der Waals surface area contributed by atoms with Crippen molar-refractivity contribution in [2.45, 2.75) is 5.72 Å². The van der Waals surface area contributed by atoms with Gasteiger partial charge in [-0.05, 0) is 24.3 Å². The standard InChI is InChI=1S/C19H14N2O8/c1-29-18(25)19(26)14(15(22)11-7-9-13(10-8-11)21(27)28)16(23)17(24)20(19)12-5-3-2-4-6-12/h2-10,22,26H,1H3/t19-/m0/s1. The Bertz CT molecular complexity index is 1050. The van der Waals surface area contributed by atoms with Crippen molar-refractivity contribution in [2.75, 3.05) is 12.0 Å². The van der Waals surface area contributed by atoms with Crippen LogP contribution in [0.3, 0.4) is 0 Å². The van der Waals surface area contributed by atoms with Gasteiger partial charge in [0.15, 0.2) is 0 Å². The van der Waals surface area contributed by atoms with Crippen LogP contribution in [-0.4, -0.2) is 45.6 Å².